The van der Waals surface area contributed by atoms with Gasteiger partial charge in [0.2, 0.25) is 11.9 Å². The summed E-state index contributed by atoms with van der Waals surface area (Å²) in [5, 5.41) is 11.1. The molecule has 2 aromatic rings. The monoisotopic (exact) mass is 402 g/mol. The van der Waals surface area contributed by atoms with E-state index in [9.17, 15) is 4.79 Å². The van der Waals surface area contributed by atoms with Crippen LogP contribution in [0.25, 0.3) is 11.3 Å². The first-order valence-corrected chi connectivity index (χ1v) is 10.4. The van der Waals surface area contributed by atoms with Gasteiger partial charge in [0.15, 0.2) is 0 Å². The SMILES string of the molecule is Cc1c(-c2ccnc(N[C@@H](C)C3CC4CC(Cl)CCC4NC3=O)n2)cnn1C. The van der Waals surface area contributed by atoms with Crippen LogP contribution in [0.5, 0.6) is 0 Å². The zero-order valence-electron chi connectivity index (χ0n) is 16.5. The number of anilines is 1. The highest BCUT2D eigenvalue weighted by molar-refractivity contribution is 6.20. The second-order valence-electron chi connectivity index (χ2n) is 8.09. The predicted octanol–water partition coefficient (Wildman–Crippen LogP) is 2.90. The van der Waals surface area contributed by atoms with Crippen LogP contribution in [-0.2, 0) is 11.8 Å². The Kier molecular flexibility index (Phi) is 5.27. The number of piperidine rings is 1. The average molecular weight is 403 g/mol. The largest absolute Gasteiger partial charge is 0.353 e. The molecule has 0 spiro atoms. The predicted molar refractivity (Wildman–Crippen MR) is 109 cm³/mol. The molecule has 1 saturated carbocycles. The van der Waals surface area contributed by atoms with Crippen molar-refractivity contribution >= 4 is 23.5 Å². The molecule has 4 rings (SSSR count). The number of hydrogen-bond acceptors (Lipinski definition) is 5. The van der Waals surface area contributed by atoms with Crippen molar-refractivity contribution < 1.29 is 4.79 Å². The lowest BCUT2D eigenvalue weighted by Gasteiger charge is -2.42. The van der Waals surface area contributed by atoms with Crippen LogP contribution in [-0.4, -0.2) is 43.1 Å². The Morgan fingerprint density at radius 3 is 2.93 bits per heavy atom. The molecule has 4 unspecified atom stereocenters. The van der Waals surface area contributed by atoms with Crippen LogP contribution in [0.1, 0.15) is 38.3 Å². The van der Waals surface area contributed by atoms with Crippen molar-refractivity contribution in [1.29, 1.82) is 0 Å². The van der Waals surface area contributed by atoms with E-state index in [2.05, 4.69) is 25.7 Å². The molecule has 0 aromatic carbocycles. The van der Waals surface area contributed by atoms with Gasteiger partial charge in [-0.1, -0.05) is 0 Å². The Morgan fingerprint density at radius 2 is 2.18 bits per heavy atom. The molecular weight excluding hydrogens is 376 g/mol. The van der Waals surface area contributed by atoms with Crippen molar-refractivity contribution in [3.05, 3.63) is 24.2 Å². The van der Waals surface area contributed by atoms with Gasteiger partial charge in [-0.15, -0.1) is 11.6 Å². The Bertz CT molecular complexity index is 868. The van der Waals surface area contributed by atoms with Crippen molar-refractivity contribution in [1.82, 2.24) is 25.1 Å². The normalized spacial score (nSPS) is 28.4. The maximum Gasteiger partial charge on any atom is 0.225 e. The molecule has 2 aromatic heterocycles. The summed E-state index contributed by atoms with van der Waals surface area (Å²) < 4.78 is 1.82. The lowest BCUT2D eigenvalue weighted by atomic mass is 9.74. The summed E-state index contributed by atoms with van der Waals surface area (Å²) in [6, 6.07) is 2.08. The van der Waals surface area contributed by atoms with E-state index in [0.29, 0.717) is 11.9 Å². The molecule has 0 bridgehead atoms. The zero-order valence-corrected chi connectivity index (χ0v) is 17.3. The van der Waals surface area contributed by atoms with Crippen molar-refractivity contribution in [3.8, 4) is 11.3 Å². The van der Waals surface area contributed by atoms with Crippen molar-refractivity contribution in [2.75, 3.05) is 5.32 Å². The van der Waals surface area contributed by atoms with Crippen LogP contribution in [0, 0.1) is 18.8 Å². The van der Waals surface area contributed by atoms with E-state index < -0.39 is 0 Å². The molecule has 2 aliphatic rings. The molecule has 1 aliphatic carbocycles. The van der Waals surface area contributed by atoms with Crippen LogP contribution in [0.15, 0.2) is 18.5 Å². The number of aryl methyl sites for hydroxylation is 1. The van der Waals surface area contributed by atoms with E-state index >= 15 is 0 Å². The summed E-state index contributed by atoms with van der Waals surface area (Å²) in [5.74, 6) is 0.986. The highest BCUT2D eigenvalue weighted by atomic mass is 35.5. The summed E-state index contributed by atoms with van der Waals surface area (Å²) in [5.41, 5.74) is 2.85. The highest BCUT2D eigenvalue weighted by Crippen LogP contribution is 2.36. The number of nitrogens with zero attached hydrogens (tertiary/aromatic N) is 4. The molecular formula is C20H27ClN6O. The van der Waals surface area contributed by atoms with Gasteiger partial charge in [0.1, 0.15) is 0 Å². The molecule has 150 valence electrons. The quantitative estimate of drug-likeness (QED) is 0.768. The van der Waals surface area contributed by atoms with Crippen LogP contribution < -0.4 is 10.6 Å². The lowest BCUT2D eigenvalue weighted by molar-refractivity contribution is -0.130. The van der Waals surface area contributed by atoms with Gasteiger partial charge in [-0.25, -0.2) is 9.97 Å². The maximum atomic E-state index is 12.7. The summed E-state index contributed by atoms with van der Waals surface area (Å²) in [4.78, 5) is 21.7. The standard InChI is InChI=1S/C20H27ClN6O/c1-11(15-9-13-8-14(21)4-5-17(13)25-19(15)28)24-20-22-7-6-18(26-20)16-10-23-27(3)12(16)2/h6-7,10-11,13-15,17H,4-5,8-9H2,1-3H3,(H,25,28)(H,22,24,26)/t11-,13?,14?,15?,17?/m0/s1. The van der Waals surface area contributed by atoms with E-state index in [0.717, 1.165) is 42.6 Å². The summed E-state index contributed by atoms with van der Waals surface area (Å²) in [7, 11) is 1.91. The summed E-state index contributed by atoms with van der Waals surface area (Å²) >= 11 is 6.36. The minimum atomic E-state index is -0.115. The molecule has 2 fully saturated rings. The first-order valence-electron chi connectivity index (χ1n) is 9.95. The fourth-order valence-corrected chi connectivity index (χ4v) is 4.80. The van der Waals surface area contributed by atoms with Crippen molar-refractivity contribution in [2.24, 2.45) is 18.9 Å². The Labute approximate surface area is 170 Å². The van der Waals surface area contributed by atoms with E-state index in [4.69, 9.17) is 11.6 Å². The van der Waals surface area contributed by atoms with Crippen molar-refractivity contribution in [3.63, 3.8) is 0 Å². The smallest absolute Gasteiger partial charge is 0.225 e. The first kappa shape index (κ1) is 19.2. The molecule has 5 atom stereocenters. The third-order valence-corrected chi connectivity index (χ3v) is 6.66. The second kappa shape index (κ2) is 7.70. The molecule has 3 heterocycles. The van der Waals surface area contributed by atoms with Gasteiger partial charge in [0, 0.05) is 42.0 Å². The Morgan fingerprint density at radius 1 is 1.36 bits per heavy atom. The summed E-state index contributed by atoms with van der Waals surface area (Å²) in [6.07, 6.45) is 7.34. The van der Waals surface area contributed by atoms with E-state index in [1.165, 1.54) is 0 Å². The minimum Gasteiger partial charge on any atom is -0.353 e. The number of rotatable bonds is 4. The molecule has 1 amide bonds. The van der Waals surface area contributed by atoms with Crippen LogP contribution in [0.2, 0.25) is 0 Å². The Hall–Kier alpha value is -2.15. The third-order valence-electron chi connectivity index (χ3n) is 6.27. The van der Waals surface area contributed by atoms with E-state index in [1.807, 2.05) is 37.8 Å². The van der Waals surface area contributed by atoms with Gasteiger partial charge in [-0.2, -0.15) is 5.10 Å². The molecule has 28 heavy (non-hydrogen) atoms. The molecule has 1 aliphatic heterocycles. The number of fused-ring (bicyclic) bond motifs is 1. The van der Waals surface area contributed by atoms with Crippen LogP contribution in [0.4, 0.5) is 5.95 Å². The lowest BCUT2D eigenvalue weighted by Crippen LogP contribution is -2.55. The Balaban J connectivity index is 1.47. The number of halogens is 1. The number of carbonyl (C=O) groups excluding carboxylic acids is 1. The van der Waals surface area contributed by atoms with Gasteiger partial charge >= 0.3 is 0 Å². The summed E-state index contributed by atoms with van der Waals surface area (Å²) in [6.45, 7) is 4.04. The molecule has 8 heteroatoms. The molecule has 2 N–H and O–H groups in total. The van der Waals surface area contributed by atoms with Gasteiger partial charge < -0.3 is 10.6 Å². The van der Waals surface area contributed by atoms with Gasteiger partial charge in [0.25, 0.3) is 0 Å². The minimum absolute atomic E-state index is 0.0677. The molecule has 7 nitrogen and oxygen atoms in total. The fraction of sp³-hybridized carbons (Fsp3) is 0.600. The number of carbonyl (C=O) groups is 1. The van der Waals surface area contributed by atoms with Gasteiger partial charge in [-0.05, 0) is 51.5 Å². The highest BCUT2D eigenvalue weighted by Gasteiger charge is 2.41. The molecule has 1 saturated heterocycles. The fourth-order valence-electron chi connectivity index (χ4n) is 4.44. The zero-order chi connectivity index (χ0) is 19.8. The van der Waals surface area contributed by atoms with Gasteiger partial charge in [-0.3, -0.25) is 9.48 Å². The average Bonchev–Trinajstić information content (AvgIpc) is 3.00. The number of alkyl halides is 1. The second-order valence-corrected chi connectivity index (χ2v) is 8.71. The van der Waals surface area contributed by atoms with E-state index in [1.54, 1.807) is 6.20 Å². The topological polar surface area (TPSA) is 84.7 Å². The first-order chi connectivity index (χ1) is 13.4. The molecule has 0 radical (unpaired) electrons. The number of amides is 1. The number of hydrogen-bond donors (Lipinski definition) is 2. The van der Waals surface area contributed by atoms with E-state index in [-0.39, 0.29) is 29.3 Å². The van der Waals surface area contributed by atoms with Crippen LogP contribution in [0.3, 0.4) is 0 Å². The van der Waals surface area contributed by atoms with Gasteiger partial charge in [0.05, 0.1) is 17.8 Å². The number of nitrogens with one attached hydrogen (secondary N) is 2. The van der Waals surface area contributed by atoms with Crippen LogP contribution >= 0.6 is 11.6 Å². The third kappa shape index (κ3) is 3.72. The van der Waals surface area contributed by atoms with Crippen molar-refractivity contribution in [2.45, 2.75) is 57.0 Å². The number of aromatic nitrogens is 4. The maximum absolute atomic E-state index is 12.7.